The summed E-state index contributed by atoms with van der Waals surface area (Å²) in [6.45, 7) is 4.03. The number of hydrogen-bond acceptors (Lipinski definition) is 5. The van der Waals surface area contributed by atoms with Gasteiger partial charge in [-0.3, -0.25) is 0 Å². The van der Waals surface area contributed by atoms with Gasteiger partial charge in [-0.15, -0.1) is 0 Å². The summed E-state index contributed by atoms with van der Waals surface area (Å²) < 4.78 is 28.6. The maximum Gasteiger partial charge on any atom is 0.223 e. The second-order valence-electron chi connectivity index (χ2n) is 6.41. The maximum absolute atomic E-state index is 6.44. The van der Waals surface area contributed by atoms with Crippen LogP contribution in [0.3, 0.4) is 0 Å². The van der Waals surface area contributed by atoms with E-state index in [9.17, 15) is 0 Å². The molecule has 2 aromatic rings. The van der Waals surface area contributed by atoms with E-state index in [1.54, 1.807) is 28.4 Å². The molecule has 5 heteroatoms. The van der Waals surface area contributed by atoms with Crippen LogP contribution in [-0.4, -0.2) is 28.4 Å². The lowest BCUT2D eigenvalue weighted by molar-refractivity contribution is -0.238. The minimum absolute atomic E-state index is 0.551. The number of benzene rings is 2. The van der Waals surface area contributed by atoms with Crippen LogP contribution in [-0.2, 0) is 20.9 Å². The Morgan fingerprint density at radius 3 is 1.80 bits per heavy atom. The van der Waals surface area contributed by atoms with Crippen molar-refractivity contribution in [3.8, 4) is 17.2 Å². The van der Waals surface area contributed by atoms with Gasteiger partial charge in [0, 0.05) is 18.2 Å². The lowest BCUT2D eigenvalue weighted by atomic mass is 9.90. The van der Waals surface area contributed by atoms with Gasteiger partial charge in [0.1, 0.15) is 5.75 Å². The first-order valence-corrected chi connectivity index (χ1v) is 8.08. The van der Waals surface area contributed by atoms with Crippen molar-refractivity contribution in [2.75, 3.05) is 28.4 Å². The highest BCUT2D eigenvalue weighted by molar-refractivity contribution is 5.55. The third kappa shape index (κ3) is 2.64. The Labute approximate surface area is 148 Å². The second kappa shape index (κ2) is 6.24. The van der Waals surface area contributed by atoms with Crippen molar-refractivity contribution >= 4 is 0 Å². The Morgan fingerprint density at radius 1 is 0.760 bits per heavy atom. The molecule has 1 aliphatic rings. The summed E-state index contributed by atoms with van der Waals surface area (Å²) in [4.78, 5) is 0. The zero-order valence-corrected chi connectivity index (χ0v) is 15.5. The van der Waals surface area contributed by atoms with Crippen LogP contribution in [0.15, 0.2) is 36.4 Å². The summed E-state index contributed by atoms with van der Waals surface area (Å²) in [5.41, 5.74) is 2.24. The van der Waals surface area contributed by atoms with Crippen LogP contribution in [0.1, 0.15) is 30.5 Å². The first-order valence-electron chi connectivity index (χ1n) is 8.08. The summed E-state index contributed by atoms with van der Waals surface area (Å²) in [6.07, 6.45) is 0. The van der Waals surface area contributed by atoms with Gasteiger partial charge in [-0.2, -0.15) is 0 Å². The number of hydrogen-bond donors (Lipinski definition) is 0. The predicted molar refractivity (Wildman–Crippen MR) is 94.4 cm³/mol. The fraction of sp³-hybridized carbons (Fsp3) is 0.400. The van der Waals surface area contributed by atoms with Gasteiger partial charge in [0.25, 0.3) is 0 Å². The van der Waals surface area contributed by atoms with Gasteiger partial charge >= 0.3 is 0 Å². The molecule has 0 amide bonds. The van der Waals surface area contributed by atoms with Crippen LogP contribution in [0.5, 0.6) is 17.2 Å². The summed E-state index contributed by atoms with van der Waals surface area (Å²) in [6, 6.07) is 11.6. The molecule has 0 bridgehead atoms. The Morgan fingerprint density at radius 2 is 1.32 bits per heavy atom. The number of rotatable bonds is 5. The van der Waals surface area contributed by atoms with Crippen molar-refractivity contribution < 1.29 is 23.7 Å². The molecule has 1 unspecified atom stereocenters. The highest BCUT2D eigenvalue weighted by atomic mass is 16.7. The second-order valence-corrected chi connectivity index (χ2v) is 6.41. The van der Waals surface area contributed by atoms with Gasteiger partial charge < -0.3 is 23.7 Å². The largest absolute Gasteiger partial charge is 0.497 e. The highest BCUT2D eigenvalue weighted by Gasteiger charge is 2.51. The smallest absolute Gasteiger partial charge is 0.223 e. The number of ether oxygens (including phenoxy) is 5. The molecule has 0 aromatic heterocycles. The molecule has 2 aromatic carbocycles. The summed E-state index contributed by atoms with van der Waals surface area (Å²) in [7, 11) is 6.53. The molecule has 0 fully saturated rings. The zero-order chi connectivity index (χ0) is 18.2. The quantitative estimate of drug-likeness (QED) is 0.825. The van der Waals surface area contributed by atoms with Gasteiger partial charge in [-0.25, -0.2) is 0 Å². The molecule has 134 valence electrons. The van der Waals surface area contributed by atoms with Gasteiger partial charge in [0.2, 0.25) is 5.79 Å². The normalized spacial score (nSPS) is 20.9. The van der Waals surface area contributed by atoms with E-state index in [-0.39, 0.29) is 0 Å². The average Bonchev–Trinajstić information content (AvgIpc) is 2.88. The first kappa shape index (κ1) is 17.6. The molecular formula is C20H24O5. The number of methoxy groups -OCH3 is 4. The number of fused-ring (bicyclic) bond motifs is 1. The minimum atomic E-state index is -1.02. The molecule has 0 N–H and O–H groups in total. The van der Waals surface area contributed by atoms with Crippen molar-refractivity contribution in [3.05, 3.63) is 53.1 Å². The fourth-order valence-corrected chi connectivity index (χ4v) is 3.41. The van der Waals surface area contributed by atoms with Crippen LogP contribution in [0, 0.1) is 0 Å². The molecule has 0 saturated carbocycles. The van der Waals surface area contributed by atoms with Crippen molar-refractivity contribution in [1.82, 2.24) is 0 Å². The third-order valence-corrected chi connectivity index (χ3v) is 4.68. The van der Waals surface area contributed by atoms with E-state index in [4.69, 9.17) is 23.7 Å². The highest BCUT2D eigenvalue weighted by Crippen LogP contribution is 2.53. The average molecular weight is 344 g/mol. The molecule has 0 radical (unpaired) electrons. The van der Waals surface area contributed by atoms with E-state index in [1.165, 1.54) is 0 Å². The zero-order valence-electron chi connectivity index (χ0n) is 15.5. The Kier molecular flexibility index (Phi) is 4.39. The minimum Gasteiger partial charge on any atom is -0.497 e. The molecule has 5 nitrogen and oxygen atoms in total. The van der Waals surface area contributed by atoms with E-state index in [2.05, 4.69) is 0 Å². The lowest BCUT2D eigenvalue weighted by Crippen LogP contribution is -2.32. The van der Waals surface area contributed by atoms with E-state index >= 15 is 0 Å². The van der Waals surface area contributed by atoms with Gasteiger partial charge in [-0.05, 0) is 55.8 Å². The van der Waals surface area contributed by atoms with E-state index in [0.717, 1.165) is 22.4 Å². The summed E-state index contributed by atoms with van der Waals surface area (Å²) in [5, 5.41) is 0. The molecule has 25 heavy (non-hydrogen) atoms. The molecule has 0 spiro atoms. The van der Waals surface area contributed by atoms with Crippen molar-refractivity contribution in [2.45, 2.75) is 25.2 Å². The van der Waals surface area contributed by atoms with Crippen LogP contribution >= 0.6 is 0 Å². The van der Waals surface area contributed by atoms with Crippen LogP contribution in [0.25, 0.3) is 0 Å². The molecular weight excluding hydrogens is 320 g/mol. The van der Waals surface area contributed by atoms with Crippen LogP contribution < -0.4 is 14.2 Å². The van der Waals surface area contributed by atoms with Gasteiger partial charge in [0.15, 0.2) is 11.5 Å². The summed E-state index contributed by atoms with van der Waals surface area (Å²) >= 11 is 0. The first-order chi connectivity index (χ1) is 11.9. The van der Waals surface area contributed by atoms with Crippen molar-refractivity contribution in [1.29, 1.82) is 0 Å². The Hall–Kier alpha value is -2.24. The fourth-order valence-electron chi connectivity index (χ4n) is 3.41. The lowest BCUT2D eigenvalue weighted by Gasteiger charge is -2.31. The van der Waals surface area contributed by atoms with Crippen molar-refractivity contribution in [3.63, 3.8) is 0 Å². The molecule has 1 atom stereocenters. The van der Waals surface area contributed by atoms with E-state index in [0.29, 0.717) is 11.5 Å². The Balaban J connectivity index is 2.23. The summed E-state index contributed by atoms with van der Waals surface area (Å²) in [5.74, 6) is 1.06. The molecule has 3 rings (SSSR count). The molecule has 1 aliphatic heterocycles. The standard InChI is InChI=1S/C20H24O5/c1-19(2)15-11-17(22-4)18(23-5)12-16(15)20(24-6,25-19)13-7-9-14(21-3)10-8-13/h7-12H,1-6H3. The third-order valence-electron chi connectivity index (χ3n) is 4.68. The van der Waals surface area contributed by atoms with Gasteiger partial charge in [-0.1, -0.05) is 0 Å². The monoisotopic (exact) mass is 344 g/mol. The Bertz CT molecular complexity index is 766. The topological polar surface area (TPSA) is 46.2 Å². The van der Waals surface area contributed by atoms with E-state index in [1.807, 2.05) is 50.2 Å². The van der Waals surface area contributed by atoms with Crippen LogP contribution in [0.4, 0.5) is 0 Å². The van der Waals surface area contributed by atoms with Gasteiger partial charge in [0.05, 0.1) is 26.9 Å². The molecule has 0 saturated heterocycles. The SMILES string of the molecule is COc1ccc(C2(OC)OC(C)(C)c3cc(OC)c(OC)cc32)cc1. The predicted octanol–water partition coefficient (Wildman–Crippen LogP) is 3.83. The maximum atomic E-state index is 6.44. The molecule has 0 aliphatic carbocycles. The van der Waals surface area contributed by atoms with E-state index < -0.39 is 11.4 Å². The van der Waals surface area contributed by atoms with Crippen molar-refractivity contribution in [2.24, 2.45) is 0 Å². The van der Waals surface area contributed by atoms with Crippen LogP contribution in [0.2, 0.25) is 0 Å². The molecule has 1 heterocycles.